The maximum absolute atomic E-state index is 13.0. The summed E-state index contributed by atoms with van der Waals surface area (Å²) >= 11 is 0. The molecule has 0 aliphatic heterocycles. The second kappa shape index (κ2) is 6.21. The van der Waals surface area contributed by atoms with Crippen LogP contribution in [0.1, 0.15) is 11.4 Å². The van der Waals surface area contributed by atoms with Crippen molar-refractivity contribution >= 4 is 5.65 Å². The van der Waals surface area contributed by atoms with Crippen molar-refractivity contribution in [2.24, 2.45) is 0 Å². The summed E-state index contributed by atoms with van der Waals surface area (Å²) in [6.45, 7) is 0. The molecule has 27 heavy (non-hydrogen) atoms. The number of nitriles is 1. The number of pyridine rings is 3. The summed E-state index contributed by atoms with van der Waals surface area (Å²) in [6.07, 6.45) is 0.117. The highest BCUT2D eigenvalue weighted by molar-refractivity contribution is 5.79. The fourth-order valence-electron chi connectivity index (χ4n) is 2.79. The molecule has 132 valence electrons. The van der Waals surface area contributed by atoms with Gasteiger partial charge < -0.3 is 0 Å². The van der Waals surface area contributed by atoms with E-state index in [1.165, 1.54) is 24.5 Å². The van der Waals surface area contributed by atoms with Gasteiger partial charge in [0.15, 0.2) is 0 Å². The molecule has 0 aromatic carbocycles. The van der Waals surface area contributed by atoms with Crippen LogP contribution < -0.4 is 0 Å². The first kappa shape index (κ1) is 16.7. The van der Waals surface area contributed by atoms with Gasteiger partial charge in [-0.2, -0.15) is 18.4 Å². The summed E-state index contributed by atoms with van der Waals surface area (Å²) in [7, 11) is 0. The smallest absolute Gasteiger partial charge is 0.291 e. The van der Waals surface area contributed by atoms with Crippen molar-refractivity contribution < 1.29 is 13.2 Å². The zero-order chi connectivity index (χ0) is 19.0. The van der Waals surface area contributed by atoms with E-state index >= 15 is 0 Å². The molecule has 0 atom stereocenters. The molecule has 4 heterocycles. The highest BCUT2D eigenvalue weighted by Crippen LogP contribution is 2.32. The monoisotopic (exact) mass is 365 g/mol. The molecule has 0 spiro atoms. The van der Waals surface area contributed by atoms with Gasteiger partial charge in [0.1, 0.15) is 23.1 Å². The SMILES string of the molecule is N#Cc1cnc2ccc(-c3cccnc3-c3cccc(C(F)(F)F)n3)cn12. The van der Waals surface area contributed by atoms with Gasteiger partial charge in [-0.05, 0) is 30.3 Å². The number of rotatable bonds is 2. The van der Waals surface area contributed by atoms with Crippen LogP contribution >= 0.6 is 0 Å². The van der Waals surface area contributed by atoms with E-state index in [2.05, 4.69) is 15.0 Å². The highest BCUT2D eigenvalue weighted by Gasteiger charge is 2.32. The van der Waals surface area contributed by atoms with Gasteiger partial charge >= 0.3 is 6.18 Å². The van der Waals surface area contributed by atoms with E-state index in [0.29, 0.717) is 28.2 Å². The van der Waals surface area contributed by atoms with Gasteiger partial charge in [0.05, 0.1) is 17.6 Å². The Morgan fingerprint density at radius 3 is 2.63 bits per heavy atom. The summed E-state index contributed by atoms with van der Waals surface area (Å²) in [5.74, 6) is 0. The van der Waals surface area contributed by atoms with Gasteiger partial charge in [0, 0.05) is 23.5 Å². The first-order valence-electron chi connectivity index (χ1n) is 7.84. The third-order valence-corrected chi connectivity index (χ3v) is 4.02. The van der Waals surface area contributed by atoms with Crippen LogP contribution in [0.15, 0.2) is 61.1 Å². The molecule has 0 radical (unpaired) electrons. The van der Waals surface area contributed by atoms with Crippen molar-refractivity contribution in [1.82, 2.24) is 19.4 Å². The average molecular weight is 365 g/mol. The van der Waals surface area contributed by atoms with Crippen molar-refractivity contribution in [3.63, 3.8) is 0 Å². The molecule has 5 nitrogen and oxygen atoms in total. The van der Waals surface area contributed by atoms with Crippen LogP contribution in [0.4, 0.5) is 13.2 Å². The minimum Gasteiger partial charge on any atom is -0.291 e. The van der Waals surface area contributed by atoms with Crippen LogP contribution in [-0.4, -0.2) is 19.4 Å². The zero-order valence-electron chi connectivity index (χ0n) is 13.6. The Bertz CT molecular complexity index is 1190. The lowest BCUT2D eigenvalue weighted by Gasteiger charge is -2.11. The molecule has 0 bridgehead atoms. The Balaban J connectivity index is 1.89. The zero-order valence-corrected chi connectivity index (χ0v) is 13.6. The van der Waals surface area contributed by atoms with E-state index in [9.17, 15) is 18.4 Å². The Labute approximate surface area is 151 Å². The molecule has 0 N–H and O–H groups in total. The molecular formula is C19H10F3N5. The van der Waals surface area contributed by atoms with Crippen LogP contribution in [0.25, 0.3) is 28.2 Å². The molecule has 0 saturated carbocycles. The van der Waals surface area contributed by atoms with Crippen molar-refractivity contribution in [2.75, 3.05) is 0 Å². The predicted octanol–water partition coefficient (Wildman–Crippen LogP) is 4.35. The van der Waals surface area contributed by atoms with E-state index in [-0.39, 0.29) is 5.69 Å². The second-order valence-electron chi connectivity index (χ2n) is 5.71. The Morgan fingerprint density at radius 1 is 1.00 bits per heavy atom. The summed E-state index contributed by atoms with van der Waals surface area (Å²) in [6, 6.07) is 12.7. The number of fused-ring (bicyclic) bond motifs is 1. The third-order valence-electron chi connectivity index (χ3n) is 4.02. The van der Waals surface area contributed by atoms with Gasteiger partial charge in [-0.15, -0.1) is 0 Å². The fourth-order valence-corrected chi connectivity index (χ4v) is 2.79. The molecular weight excluding hydrogens is 355 g/mol. The van der Waals surface area contributed by atoms with Crippen molar-refractivity contribution in [3.8, 4) is 28.6 Å². The minimum atomic E-state index is -4.54. The van der Waals surface area contributed by atoms with Gasteiger partial charge in [0.2, 0.25) is 0 Å². The summed E-state index contributed by atoms with van der Waals surface area (Å²) in [5, 5.41) is 9.19. The Kier molecular flexibility index (Phi) is 3.85. The van der Waals surface area contributed by atoms with Crippen LogP contribution in [0.5, 0.6) is 0 Å². The van der Waals surface area contributed by atoms with E-state index in [0.717, 1.165) is 6.07 Å². The number of hydrogen-bond acceptors (Lipinski definition) is 4. The van der Waals surface area contributed by atoms with Gasteiger partial charge in [-0.25, -0.2) is 9.97 Å². The van der Waals surface area contributed by atoms with E-state index in [4.69, 9.17) is 0 Å². The van der Waals surface area contributed by atoms with Gasteiger partial charge in [-0.3, -0.25) is 9.38 Å². The molecule has 0 fully saturated rings. The summed E-state index contributed by atoms with van der Waals surface area (Å²) in [4.78, 5) is 12.1. The average Bonchev–Trinajstić information content (AvgIpc) is 3.10. The second-order valence-corrected chi connectivity index (χ2v) is 5.71. The molecule has 0 unspecified atom stereocenters. The van der Waals surface area contributed by atoms with Crippen molar-refractivity contribution in [3.05, 3.63) is 72.4 Å². The molecule has 0 saturated heterocycles. The Hall–Kier alpha value is -3.73. The standard InChI is InChI=1S/C19H10F3N5/c20-19(21,22)16-5-1-4-15(26-16)18-14(3-2-8-24-18)12-6-7-17-25-10-13(9-23)27(17)11-12/h1-8,10-11H. The molecule has 4 aromatic rings. The number of alkyl halides is 3. The third kappa shape index (κ3) is 3.00. The number of halogens is 3. The van der Waals surface area contributed by atoms with Crippen LogP contribution in [0, 0.1) is 11.3 Å². The molecule has 0 aliphatic rings. The summed E-state index contributed by atoms with van der Waals surface area (Å²) < 4.78 is 40.6. The van der Waals surface area contributed by atoms with Gasteiger partial charge in [0.25, 0.3) is 0 Å². The first-order valence-corrected chi connectivity index (χ1v) is 7.84. The lowest BCUT2D eigenvalue weighted by molar-refractivity contribution is -0.141. The lowest BCUT2D eigenvalue weighted by atomic mass is 10.0. The van der Waals surface area contributed by atoms with E-state index in [1.807, 2.05) is 6.07 Å². The number of nitrogens with zero attached hydrogens (tertiary/aromatic N) is 5. The minimum absolute atomic E-state index is 0.117. The number of hydrogen-bond donors (Lipinski definition) is 0. The number of imidazole rings is 1. The molecule has 4 aromatic heterocycles. The van der Waals surface area contributed by atoms with E-state index in [1.54, 1.807) is 34.9 Å². The molecule has 8 heteroatoms. The first-order chi connectivity index (χ1) is 13.0. The quantitative estimate of drug-likeness (QED) is 0.530. The largest absolute Gasteiger partial charge is 0.433 e. The predicted molar refractivity (Wildman–Crippen MR) is 91.4 cm³/mol. The van der Waals surface area contributed by atoms with Crippen molar-refractivity contribution in [1.29, 1.82) is 5.26 Å². The summed E-state index contributed by atoms with van der Waals surface area (Å²) in [5.41, 5.74) is 1.69. The fraction of sp³-hybridized carbons (Fsp3) is 0.0526. The molecule has 0 amide bonds. The normalized spacial score (nSPS) is 11.5. The lowest BCUT2D eigenvalue weighted by Crippen LogP contribution is -2.08. The maximum Gasteiger partial charge on any atom is 0.433 e. The van der Waals surface area contributed by atoms with Crippen LogP contribution in [0.3, 0.4) is 0 Å². The maximum atomic E-state index is 13.0. The topological polar surface area (TPSA) is 66.9 Å². The van der Waals surface area contributed by atoms with Crippen molar-refractivity contribution in [2.45, 2.75) is 6.18 Å². The van der Waals surface area contributed by atoms with E-state index < -0.39 is 11.9 Å². The highest BCUT2D eigenvalue weighted by atomic mass is 19.4. The number of aromatic nitrogens is 4. The Morgan fingerprint density at radius 2 is 1.85 bits per heavy atom. The molecule has 0 aliphatic carbocycles. The van der Waals surface area contributed by atoms with Crippen LogP contribution in [-0.2, 0) is 6.18 Å². The van der Waals surface area contributed by atoms with Crippen LogP contribution in [0.2, 0.25) is 0 Å². The molecule has 4 rings (SSSR count). The van der Waals surface area contributed by atoms with Gasteiger partial charge in [-0.1, -0.05) is 12.1 Å².